The average molecular weight is 585 g/mol. The van der Waals surface area contributed by atoms with Gasteiger partial charge in [-0.05, 0) is 42.7 Å². The van der Waals surface area contributed by atoms with Gasteiger partial charge < -0.3 is 28.4 Å². The van der Waals surface area contributed by atoms with Crippen LogP contribution < -0.4 is 9.47 Å². The van der Waals surface area contributed by atoms with Crippen molar-refractivity contribution in [3.63, 3.8) is 0 Å². The molecular formula is C28H32N4O10. The molecule has 14 heteroatoms. The number of amides is 2. The third kappa shape index (κ3) is 8.51. The molecular weight excluding hydrogens is 552 g/mol. The minimum absolute atomic E-state index is 0.0686. The van der Waals surface area contributed by atoms with Crippen molar-refractivity contribution in [2.45, 2.75) is 19.4 Å². The van der Waals surface area contributed by atoms with Crippen LogP contribution in [0.4, 0.5) is 11.4 Å². The van der Waals surface area contributed by atoms with E-state index in [9.17, 15) is 29.8 Å². The van der Waals surface area contributed by atoms with Gasteiger partial charge in [0.05, 0.1) is 48.5 Å². The second kappa shape index (κ2) is 15.1. The monoisotopic (exact) mass is 584 g/mol. The quantitative estimate of drug-likeness (QED) is 0.137. The van der Waals surface area contributed by atoms with E-state index in [1.54, 1.807) is 18.2 Å². The maximum atomic E-state index is 13.6. The summed E-state index contributed by atoms with van der Waals surface area (Å²) in [6.45, 7) is 0.353. The molecule has 0 aliphatic carbocycles. The van der Waals surface area contributed by atoms with E-state index in [0.717, 1.165) is 23.8 Å². The van der Waals surface area contributed by atoms with E-state index in [2.05, 4.69) is 0 Å². The van der Waals surface area contributed by atoms with Gasteiger partial charge >= 0.3 is 0 Å². The molecule has 0 N–H and O–H groups in total. The Hall–Kier alpha value is -4.98. The number of hydrogen-bond donors (Lipinski definition) is 0. The second-order valence-electron chi connectivity index (χ2n) is 9.16. The Balaban J connectivity index is 1.87. The zero-order valence-electron chi connectivity index (χ0n) is 23.5. The summed E-state index contributed by atoms with van der Waals surface area (Å²) >= 11 is 0. The topological polar surface area (TPSA) is 168 Å². The summed E-state index contributed by atoms with van der Waals surface area (Å²) in [5, 5.41) is 22.7. The standard InChI is InChI=1S/C28H32N4O10/c1-39-12-5-10-30(28(34)21-15-22(31(35)36)17-23(16-21)32(37)38)19-27(33)29(18-24-6-4-13-42-24)11-9-20-7-8-25(40-2)26(14-20)41-3/h4,6-8,13-17H,5,9-12,18-19H2,1-3H3. The molecule has 0 spiro atoms. The van der Waals surface area contributed by atoms with Crippen LogP contribution in [0.15, 0.2) is 59.2 Å². The Morgan fingerprint density at radius 3 is 2.14 bits per heavy atom. The number of rotatable bonds is 16. The molecule has 0 saturated carbocycles. The van der Waals surface area contributed by atoms with Gasteiger partial charge in [0.1, 0.15) is 12.3 Å². The van der Waals surface area contributed by atoms with E-state index in [0.29, 0.717) is 30.1 Å². The maximum absolute atomic E-state index is 13.6. The first-order valence-electron chi connectivity index (χ1n) is 12.9. The van der Waals surface area contributed by atoms with Gasteiger partial charge in [-0.25, -0.2) is 0 Å². The van der Waals surface area contributed by atoms with E-state index in [1.807, 2.05) is 12.1 Å². The summed E-state index contributed by atoms with van der Waals surface area (Å²) in [4.78, 5) is 51.0. The molecule has 42 heavy (non-hydrogen) atoms. The second-order valence-corrected chi connectivity index (χ2v) is 9.16. The lowest BCUT2D eigenvalue weighted by Crippen LogP contribution is -2.44. The van der Waals surface area contributed by atoms with Crippen LogP contribution >= 0.6 is 0 Å². The molecule has 0 atom stereocenters. The number of nitro groups is 2. The Kier molecular flexibility index (Phi) is 11.4. The van der Waals surface area contributed by atoms with Crippen molar-refractivity contribution in [2.75, 3.05) is 47.6 Å². The number of hydrogen-bond acceptors (Lipinski definition) is 10. The van der Waals surface area contributed by atoms with Gasteiger partial charge in [0.15, 0.2) is 11.5 Å². The van der Waals surface area contributed by atoms with Crippen molar-refractivity contribution >= 4 is 23.2 Å². The zero-order valence-corrected chi connectivity index (χ0v) is 23.5. The number of benzene rings is 2. The van der Waals surface area contributed by atoms with Crippen molar-refractivity contribution in [1.82, 2.24) is 9.80 Å². The highest BCUT2D eigenvalue weighted by Crippen LogP contribution is 2.28. The molecule has 224 valence electrons. The van der Waals surface area contributed by atoms with E-state index in [-0.39, 0.29) is 38.3 Å². The lowest BCUT2D eigenvalue weighted by atomic mass is 10.1. The van der Waals surface area contributed by atoms with Crippen LogP contribution in [0.5, 0.6) is 11.5 Å². The first-order chi connectivity index (χ1) is 20.2. The molecule has 0 bridgehead atoms. The molecule has 0 aliphatic rings. The lowest BCUT2D eigenvalue weighted by molar-refractivity contribution is -0.394. The van der Waals surface area contributed by atoms with Crippen molar-refractivity contribution in [3.05, 3.63) is 91.9 Å². The summed E-state index contributed by atoms with van der Waals surface area (Å²) in [7, 11) is 4.55. The minimum atomic E-state index is -0.816. The molecule has 14 nitrogen and oxygen atoms in total. The number of carbonyl (C=O) groups excluding carboxylic acids is 2. The van der Waals surface area contributed by atoms with Crippen LogP contribution in [-0.4, -0.2) is 79.0 Å². The molecule has 2 aromatic carbocycles. The Labute approximate surface area is 241 Å². The summed E-state index contributed by atoms with van der Waals surface area (Å²) in [5.41, 5.74) is -0.610. The van der Waals surface area contributed by atoms with Crippen LogP contribution in [0.3, 0.4) is 0 Å². The fourth-order valence-corrected chi connectivity index (χ4v) is 4.21. The van der Waals surface area contributed by atoms with Crippen LogP contribution in [0.1, 0.15) is 28.1 Å². The van der Waals surface area contributed by atoms with Crippen LogP contribution in [-0.2, 0) is 22.5 Å². The van der Waals surface area contributed by atoms with E-state index in [1.165, 1.54) is 37.4 Å². The van der Waals surface area contributed by atoms with Crippen LogP contribution in [0.25, 0.3) is 0 Å². The SMILES string of the molecule is COCCCN(CC(=O)N(CCc1ccc(OC)c(OC)c1)Cc1ccco1)C(=O)c1cc([N+](=O)[O-])cc([N+](=O)[O-])c1. The third-order valence-electron chi connectivity index (χ3n) is 6.36. The Morgan fingerprint density at radius 1 is 0.881 bits per heavy atom. The highest BCUT2D eigenvalue weighted by molar-refractivity contribution is 5.97. The molecule has 3 aromatic rings. The van der Waals surface area contributed by atoms with E-state index < -0.39 is 33.0 Å². The summed E-state index contributed by atoms with van der Waals surface area (Å²) in [5.74, 6) is 0.458. The number of nitro benzene ring substituents is 2. The largest absolute Gasteiger partial charge is 0.493 e. The highest BCUT2D eigenvalue weighted by atomic mass is 16.6. The van der Waals surface area contributed by atoms with Gasteiger partial charge in [0.2, 0.25) is 5.91 Å². The number of ether oxygens (including phenoxy) is 3. The fraction of sp³-hybridized carbons (Fsp3) is 0.357. The van der Waals surface area contributed by atoms with Crippen LogP contribution in [0.2, 0.25) is 0 Å². The third-order valence-corrected chi connectivity index (χ3v) is 6.36. The maximum Gasteiger partial charge on any atom is 0.277 e. The van der Waals surface area contributed by atoms with Crippen molar-refractivity contribution < 1.29 is 38.1 Å². The predicted molar refractivity (Wildman–Crippen MR) is 150 cm³/mol. The first kappa shape index (κ1) is 31.5. The smallest absolute Gasteiger partial charge is 0.277 e. The van der Waals surface area contributed by atoms with E-state index in [4.69, 9.17) is 18.6 Å². The molecule has 0 saturated heterocycles. The van der Waals surface area contributed by atoms with Crippen molar-refractivity contribution in [3.8, 4) is 11.5 Å². The Bertz CT molecular complexity index is 1360. The number of nitrogens with zero attached hydrogens (tertiary/aromatic N) is 4. The van der Waals surface area contributed by atoms with E-state index >= 15 is 0 Å². The number of furan rings is 1. The minimum Gasteiger partial charge on any atom is -0.493 e. The average Bonchev–Trinajstić information content (AvgIpc) is 3.51. The van der Waals surface area contributed by atoms with Gasteiger partial charge in [-0.2, -0.15) is 0 Å². The highest BCUT2D eigenvalue weighted by Gasteiger charge is 2.26. The molecule has 0 unspecified atom stereocenters. The fourth-order valence-electron chi connectivity index (χ4n) is 4.21. The summed E-state index contributed by atoms with van der Waals surface area (Å²) < 4.78 is 21.2. The van der Waals surface area contributed by atoms with Crippen LogP contribution in [0, 0.1) is 20.2 Å². The molecule has 1 aromatic heterocycles. The number of non-ortho nitro benzene ring substituents is 2. The van der Waals surface area contributed by atoms with Gasteiger partial charge in [0, 0.05) is 38.9 Å². The lowest BCUT2D eigenvalue weighted by Gasteiger charge is -2.27. The predicted octanol–water partition coefficient (Wildman–Crippen LogP) is 3.86. The molecule has 0 radical (unpaired) electrons. The number of methoxy groups -OCH3 is 3. The normalized spacial score (nSPS) is 10.6. The molecule has 2 amide bonds. The van der Waals surface area contributed by atoms with Gasteiger partial charge in [0.25, 0.3) is 17.3 Å². The van der Waals surface area contributed by atoms with Gasteiger partial charge in [-0.1, -0.05) is 6.07 Å². The molecule has 3 rings (SSSR count). The first-order valence-corrected chi connectivity index (χ1v) is 12.9. The van der Waals surface area contributed by atoms with Crippen molar-refractivity contribution in [1.29, 1.82) is 0 Å². The van der Waals surface area contributed by atoms with Gasteiger partial charge in [-0.15, -0.1) is 0 Å². The molecule has 0 aliphatic heterocycles. The van der Waals surface area contributed by atoms with Gasteiger partial charge in [-0.3, -0.25) is 29.8 Å². The summed E-state index contributed by atoms with van der Waals surface area (Å²) in [6, 6.07) is 11.5. The zero-order chi connectivity index (χ0) is 30.6. The molecule has 0 fully saturated rings. The van der Waals surface area contributed by atoms with Crippen molar-refractivity contribution in [2.24, 2.45) is 0 Å². The summed E-state index contributed by atoms with van der Waals surface area (Å²) in [6.07, 6.45) is 2.29. The molecule has 1 heterocycles. The Morgan fingerprint density at radius 2 is 1.57 bits per heavy atom. The number of carbonyl (C=O) groups is 2.